The molecule has 1 atom stereocenters. The minimum absolute atomic E-state index is 0.00995. The molecule has 0 fully saturated rings. The zero-order valence-electron chi connectivity index (χ0n) is 11.6. The summed E-state index contributed by atoms with van der Waals surface area (Å²) in [6, 6.07) is 0.0633. The van der Waals surface area contributed by atoms with Crippen LogP contribution in [0.5, 0.6) is 0 Å². The maximum atomic E-state index is 11.7. The summed E-state index contributed by atoms with van der Waals surface area (Å²) < 4.78 is 0. The fourth-order valence-corrected chi connectivity index (χ4v) is 3.18. The van der Waals surface area contributed by atoms with Crippen molar-refractivity contribution in [2.75, 3.05) is 18.4 Å². The first-order chi connectivity index (χ1) is 9.08. The Bertz CT molecular complexity index is 444. The molecule has 0 bridgehead atoms. The largest absolute Gasteiger partial charge is 0.328 e. The molecule has 1 aliphatic heterocycles. The van der Waals surface area contributed by atoms with Crippen LogP contribution < -0.4 is 11.1 Å². The lowest BCUT2D eigenvalue weighted by atomic mass is 10.2. The number of carbonyl (C=O) groups is 1. The third kappa shape index (κ3) is 3.99. The van der Waals surface area contributed by atoms with Crippen molar-refractivity contribution in [3.8, 4) is 0 Å². The van der Waals surface area contributed by atoms with E-state index in [1.807, 2.05) is 6.92 Å². The smallest absolute Gasteiger partial charge is 0.226 e. The van der Waals surface area contributed by atoms with Gasteiger partial charge in [0.05, 0.1) is 5.69 Å². The van der Waals surface area contributed by atoms with Gasteiger partial charge in [0.2, 0.25) is 5.91 Å². The van der Waals surface area contributed by atoms with Crippen LogP contribution in [-0.4, -0.2) is 34.9 Å². The summed E-state index contributed by atoms with van der Waals surface area (Å²) in [6.07, 6.45) is 2.15. The molecule has 0 radical (unpaired) electrons. The molecule has 1 amide bonds. The maximum absolute atomic E-state index is 11.7. The van der Waals surface area contributed by atoms with E-state index >= 15 is 0 Å². The van der Waals surface area contributed by atoms with Gasteiger partial charge in [0, 0.05) is 36.9 Å². The van der Waals surface area contributed by atoms with E-state index in [1.54, 1.807) is 11.3 Å². The molecule has 0 aromatic carbocycles. The van der Waals surface area contributed by atoms with E-state index in [1.165, 1.54) is 4.88 Å². The summed E-state index contributed by atoms with van der Waals surface area (Å²) >= 11 is 1.60. The Hall–Kier alpha value is -0.980. The van der Waals surface area contributed by atoms with Crippen molar-refractivity contribution >= 4 is 22.4 Å². The average molecular weight is 282 g/mol. The van der Waals surface area contributed by atoms with E-state index in [0.717, 1.165) is 36.9 Å². The molecule has 1 aromatic rings. The topological polar surface area (TPSA) is 71.2 Å². The van der Waals surface area contributed by atoms with Crippen LogP contribution in [0.3, 0.4) is 0 Å². The molecule has 19 heavy (non-hydrogen) atoms. The van der Waals surface area contributed by atoms with Crippen LogP contribution in [0, 0.1) is 0 Å². The summed E-state index contributed by atoms with van der Waals surface area (Å²) in [5.74, 6) is 0.00995. The number of carbonyl (C=O) groups excluding carboxylic acids is 1. The summed E-state index contributed by atoms with van der Waals surface area (Å²) in [5.41, 5.74) is 6.80. The van der Waals surface area contributed by atoms with E-state index in [0.29, 0.717) is 12.8 Å². The van der Waals surface area contributed by atoms with Crippen molar-refractivity contribution in [1.82, 2.24) is 9.88 Å². The normalized spacial score (nSPS) is 17.0. The van der Waals surface area contributed by atoms with Crippen molar-refractivity contribution in [2.24, 2.45) is 5.73 Å². The SMILES string of the molecule is CCN1CCc2nc(NC(=O)CCC(C)N)sc2C1. The summed E-state index contributed by atoms with van der Waals surface area (Å²) in [6.45, 7) is 7.16. The van der Waals surface area contributed by atoms with Gasteiger partial charge in [-0.05, 0) is 19.9 Å². The van der Waals surface area contributed by atoms with Crippen LogP contribution in [0.1, 0.15) is 37.3 Å². The highest BCUT2D eigenvalue weighted by atomic mass is 32.1. The zero-order chi connectivity index (χ0) is 13.8. The number of hydrogen-bond acceptors (Lipinski definition) is 5. The van der Waals surface area contributed by atoms with Gasteiger partial charge in [0.15, 0.2) is 5.13 Å². The molecule has 3 N–H and O–H groups in total. The van der Waals surface area contributed by atoms with E-state index < -0.39 is 0 Å². The molecule has 6 heteroatoms. The number of likely N-dealkylation sites (N-methyl/N-ethyl adjacent to an activating group) is 1. The number of amides is 1. The molecule has 2 heterocycles. The first-order valence-corrected chi connectivity index (χ1v) is 7.66. The Morgan fingerprint density at radius 1 is 1.63 bits per heavy atom. The van der Waals surface area contributed by atoms with Crippen LogP contribution in [0.4, 0.5) is 5.13 Å². The van der Waals surface area contributed by atoms with Crippen LogP contribution in [0.15, 0.2) is 0 Å². The molecule has 1 aliphatic rings. The van der Waals surface area contributed by atoms with Gasteiger partial charge in [-0.15, -0.1) is 11.3 Å². The standard InChI is InChI=1S/C13H22N4OS/c1-3-17-7-6-10-11(8-17)19-13(15-10)16-12(18)5-4-9(2)14/h9H,3-8,14H2,1-2H3,(H,15,16,18). The number of hydrogen-bond donors (Lipinski definition) is 2. The van der Waals surface area contributed by atoms with Crippen molar-refractivity contribution < 1.29 is 4.79 Å². The second kappa shape index (κ2) is 6.45. The predicted octanol–water partition coefficient (Wildman–Crippen LogP) is 1.59. The Morgan fingerprint density at radius 2 is 2.42 bits per heavy atom. The molecule has 0 aliphatic carbocycles. The molecule has 106 valence electrons. The second-order valence-corrected chi connectivity index (χ2v) is 6.16. The van der Waals surface area contributed by atoms with Gasteiger partial charge < -0.3 is 11.1 Å². The van der Waals surface area contributed by atoms with Gasteiger partial charge in [-0.1, -0.05) is 6.92 Å². The number of aromatic nitrogens is 1. The van der Waals surface area contributed by atoms with Gasteiger partial charge in [-0.3, -0.25) is 9.69 Å². The Morgan fingerprint density at radius 3 is 3.11 bits per heavy atom. The number of fused-ring (bicyclic) bond motifs is 1. The van der Waals surface area contributed by atoms with Crippen molar-refractivity contribution in [3.63, 3.8) is 0 Å². The monoisotopic (exact) mass is 282 g/mol. The van der Waals surface area contributed by atoms with E-state index in [-0.39, 0.29) is 11.9 Å². The molecule has 0 saturated carbocycles. The summed E-state index contributed by atoms with van der Waals surface area (Å²) in [4.78, 5) is 19.9. The second-order valence-electron chi connectivity index (χ2n) is 5.07. The molecule has 1 unspecified atom stereocenters. The minimum Gasteiger partial charge on any atom is -0.328 e. The highest BCUT2D eigenvalue weighted by Gasteiger charge is 2.20. The van der Waals surface area contributed by atoms with Gasteiger partial charge in [0.1, 0.15) is 0 Å². The van der Waals surface area contributed by atoms with Crippen LogP contribution in [0.25, 0.3) is 0 Å². The number of thiazole rings is 1. The highest BCUT2D eigenvalue weighted by Crippen LogP contribution is 2.28. The Labute approximate surface area is 118 Å². The average Bonchev–Trinajstić information content (AvgIpc) is 2.77. The molecular weight excluding hydrogens is 260 g/mol. The van der Waals surface area contributed by atoms with Crippen LogP contribution >= 0.6 is 11.3 Å². The third-order valence-electron chi connectivity index (χ3n) is 3.33. The molecule has 0 saturated heterocycles. The van der Waals surface area contributed by atoms with Gasteiger partial charge in [-0.2, -0.15) is 0 Å². The van der Waals surface area contributed by atoms with Crippen molar-refractivity contribution in [1.29, 1.82) is 0 Å². The number of nitrogens with zero attached hydrogens (tertiary/aromatic N) is 2. The molecule has 0 spiro atoms. The van der Waals surface area contributed by atoms with E-state index in [2.05, 4.69) is 22.1 Å². The summed E-state index contributed by atoms with van der Waals surface area (Å²) in [7, 11) is 0. The fourth-order valence-electron chi connectivity index (χ4n) is 2.11. The molecule has 1 aromatic heterocycles. The number of nitrogens with two attached hydrogens (primary N) is 1. The molecular formula is C13H22N4OS. The van der Waals surface area contributed by atoms with E-state index in [9.17, 15) is 4.79 Å². The third-order valence-corrected chi connectivity index (χ3v) is 4.33. The van der Waals surface area contributed by atoms with Gasteiger partial charge in [0.25, 0.3) is 0 Å². The van der Waals surface area contributed by atoms with E-state index in [4.69, 9.17) is 5.73 Å². The Kier molecular flexibility index (Phi) is 4.90. The molecule has 5 nitrogen and oxygen atoms in total. The lowest BCUT2D eigenvalue weighted by molar-refractivity contribution is -0.116. The van der Waals surface area contributed by atoms with Crippen molar-refractivity contribution in [3.05, 3.63) is 10.6 Å². The van der Waals surface area contributed by atoms with Crippen LogP contribution in [0.2, 0.25) is 0 Å². The lowest BCUT2D eigenvalue weighted by Gasteiger charge is -2.23. The highest BCUT2D eigenvalue weighted by molar-refractivity contribution is 7.15. The number of anilines is 1. The van der Waals surface area contributed by atoms with Gasteiger partial charge in [-0.25, -0.2) is 4.98 Å². The minimum atomic E-state index is 0.00995. The van der Waals surface area contributed by atoms with Crippen LogP contribution in [-0.2, 0) is 17.8 Å². The number of nitrogens with one attached hydrogen (secondary N) is 1. The summed E-state index contributed by atoms with van der Waals surface area (Å²) in [5, 5.41) is 3.62. The zero-order valence-corrected chi connectivity index (χ0v) is 12.4. The molecule has 2 rings (SSSR count). The quantitative estimate of drug-likeness (QED) is 0.860. The first kappa shape index (κ1) is 14.4. The van der Waals surface area contributed by atoms with Gasteiger partial charge >= 0.3 is 0 Å². The lowest BCUT2D eigenvalue weighted by Crippen LogP contribution is -2.29. The first-order valence-electron chi connectivity index (χ1n) is 6.84. The predicted molar refractivity (Wildman–Crippen MR) is 78.3 cm³/mol. The maximum Gasteiger partial charge on any atom is 0.226 e. The van der Waals surface area contributed by atoms with Crippen molar-refractivity contribution in [2.45, 2.75) is 45.7 Å². The Balaban J connectivity index is 1.92. The fraction of sp³-hybridized carbons (Fsp3) is 0.692. The number of rotatable bonds is 5.